The number of aliphatic hydroxyl groups excluding tert-OH is 1. The van der Waals surface area contributed by atoms with Crippen LogP contribution in [0.5, 0.6) is 0 Å². The van der Waals surface area contributed by atoms with Crippen LogP contribution in [0.4, 0.5) is 5.69 Å². The molecule has 6 heteroatoms. The lowest BCUT2D eigenvalue weighted by Crippen LogP contribution is -2.37. The minimum Gasteiger partial charge on any atom is -0.386 e. The highest BCUT2D eigenvalue weighted by Crippen LogP contribution is 2.21. The standard InChI is InChI=1S/C12H16N2O4/c1-3-11(13-8(2)15)12(16)9-4-6-10(7-5-9)14(17)18/h4-7,11-12,16H,3H2,1-2H3,(H,13,15)/t11-,12-/m1/s1. The number of carbonyl (C=O) groups is 1. The van der Waals surface area contributed by atoms with Crippen LogP contribution in [-0.4, -0.2) is 22.0 Å². The van der Waals surface area contributed by atoms with Gasteiger partial charge in [-0.05, 0) is 24.1 Å². The normalized spacial score (nSPS) is 13.7. The summed E-state index contributed by atoms with van der Waals surface area (Å²) in [7, 11) is 0. The number of nitro benzene ring substituents is 1. The number of aliphatic hydroxyl groups is 1. The maximum Gasteiger partial charge on any atom is 0.269 e. The zero-order chi connectivity index (χ0) is 13.7. The van der Waals surface area contributed by atoms with Gasteiger partial charge in [0.05, 0.1) is 17.1 Å². The van der Waals surface area contributed by atoms with Crippen molar-refractivity contribution in [2.75, 3.05) is 0 Å². The van der Waals surface area contributed by atoms with Crippen molar-refractivity contribution in [2.45, 2.75) is 32.4 Å². The Hall–Kier alpha value is -1.95. The number of carbonyl (C=O) groups excluding carboxylic acids is 1. The second-order valence-corrected chi connectivity index (χ2v) is 4.01. The summed E-state index contributed by atoms with van der Waals surface area (Å²) >= 11 is 0. The maximum atomic E-state index is 11.0. The van der Waals surface area contributed by atoms with Crippen LogP contribution in [0.2, 0.25) is 0 Å². The number of rotatable bonds is 5. The van der Waals surface area contributed by atoms with E-state index in [0.717, 1.165) is 0 Å². The Morgan fingerprint density at radius 1 is 1.44 bits per heavy atom. The minimum absolute atomic E-state index is 0.0291. The molecule has 0 aliphatic rings. The van der Waals surface area contributed by atoms with Crippen LogP contribution in [0.25, 0.3) is 0 Å². The SMILES string of the molecule is CC[C@@H](NC(C)=O)[C@H](O)c1ccc([N+](=O)[O-])cc1. The third-order valence-corrected chi connectivity index (χ3v) is 2.66. The summed E-state index contributed by atoms with van der Waals surface area (Å²) in [5.74, 6) is -0.220. The first-order valence-corrected chi connectivity index (χ1v) is 5.65. The molecule has 1 aromatic rings. The van der Waals surface area contributed by atoms with Gasteiger partial charge in [0.15, 0.2) is 0 Å². The van der Waals surface area contributed by atoms with Crippen molar-refractivity contribution in [1.29, 1.82) is 0 Å². The predicted octanol–water partition coefficient (Wildman–Crippen LogP) is 1.54. The van der Waals surface area contributed by atoms with E-state index in [-0.39, 0.29) is 11.6 Å². The number of benzene rings is 1. The molecule has 0 radical (unpaired) electrons. The molecule has 0 saturated heterocycles. The van der Waals surface area contributed by atoms with E-state index in [0.29, 0.717) is 12.0 Å². The van der Waals surface area contributed by atoms with Gasteiger partial charge in [-0.2, -0.15) is 0 Å². The molecule has 0 unspecified atom stereocenters. The van der Waals surface area contributed by atoms with Gasteiger partial charge in [-0.1, -0.05) is 6.92 Å². The Morgan fingerprint density at radius 3 is 2.39 bits per heavy atom. The van der Waals surface area contributed by atoms with E-state index in [9.17, 15) is 20.0 Å². The largest absolute Gasteiger partial charge is 0.386 e. The minimum atomic E-state index is -0.875. The smallest absolute Gasteiger partial charge is 0.269 e. The van der Waals surface area contributed by atoms with E-state index in [1.54, 1.807) is 0 Å². The van der Waals surface area contributed by atoms with Gasteiger partial charge in [-0.25, -0.2) is 0 Å². The lowest BCUT2D eigenvalue weighted by Gasteiger charge is -2.22. The predicted molar refractivity (Wildman–Crippen MR) is 66.0 cm³/mol. The van der Waals surface area contributed by atoms with Crippen LogP contribution in [0.3, 0.4) is 0 Å². The molecule has 6 nitrogen and oxygen atoms in total. The van der Waals surface area contributed by atoms with E-state index in [2.05, 4.69) is 5.32 Å². The zero-order valence-electron chi connectivity index (χ0n) is 10.3. The van der Waals surface area contributed by atoms with Gasteiger partial charge in [-0.15, -0.1) is 0 Å². The number of hydrogen-bond donors (Lipinski definition) is 2. The van der Waals surface area contributed by atoms with E-state index in [1.807, 2.05) is 6.92 Å². The zero-order valence-corrected chi connectivity index (χ0v) is 10.3. The molecule has 1 rings (SSSR count). The van der Waals surface area contributed by atoms with Gasteiger partial charge in [0.25, 0.3) is 5.69 Å². The van der Waals surface area contributed by atoms with Gasteiger partial charge < -0.3 is 10.4 Å². The Bertz CT molecular complexity index is 430. The average molecular weight is 252 g/mol. The molecular formula is C12H16N2O4. The molecule has 1 aromatic carbocycles. The molecule has 2 atom stereocenters. The highest BCUT2D eigenvalue weighted by atomic mass is 16.6. The number of nitrogens with zero attached hydrogens (tertiary/aromatic N) is 1. The first kappa shape index (κ1) is 14.1. The monoisotopic (exact) mass is 252 g/mol. The summed E-state index contributed by atoms with van der Waals surface area (Å²) in [6, 6.07) is 5.25. The van der Waals surface area contributed by atoms with E-state index >= 15 is 0 Å². The molecule has 0 saturated carbocycles. The third-order valence-electron chi connectivity index (χ3n) is 2.66. The summed E-state index contributed by atoms with van der Waals surface area (Å²) < 4.78 is 0. The average Bonchev–Trinajstić information content (AvgIpc) is 2.35. The van der Waals surface area contributed by atoms with Crippen LogP contribution >= 0.6 is 0 Å². The Kier molecular flexibility index (Phi) is 4.79. The number of hydrogen-bond acceptors (Lipinski definition) is 4. The molecule has 2 N–H and O–H groups in total. The summed E-state index contributed by atoms with van der Waals surface area (Å²) in [4.78, 5) is 21.0. The maximum absolute atomic E-state index is 11.0. The fourth-order valence-corrected chi connectivity index (χ4v) is 1.69. The summed E-state index contributed by atoms with van der Waals surface area (Å²) in [6.45, 7) is 3.22. The van der Waals surface area contributed by atoms with Gasteiger partial charge in [0, 0.05) is 19.1 Å². The molecule has 0 aliphatic carbocycles. The molecule has 0 spiro atoms. The van der Waals surface area contributed by atoms with Crippen LogP contribution in [0, 0.1) is 10.1 Å². The van der Waals surface area contributed by atoms with Crippen LogP contribution in [-0.2, 0) is 4.79 Å². The van der Waals surface area contributed by atoms with Crippen molar-refractivity contribution >= 4 is 11.6 Å². The van der Waals surface area contributed by atoms with Crippen molar-refractivity contribution in [1.82, 2.24) is 5.32 Å². The number of amides is 1. The number of non-ortho nitro benzene ring substituents is 1. The van der Waals surface area contributed by atoms with E-state index in [4.69, 9.17) is 0 Å². The number of nitrogens with one attached hydrogen (secondary N) is 1. The highest BCUT2D eigenvalue weighted by Gasteiger charge is 2.20. The van der Waals surface area contributed by atoms with Gasteiger partial charge in [0.2, 0.25) is 5.91 Å². The summed E-state index contributed by atoms with van der Waals surface area (Å²) in [5.41, 5.74) is 0.514. The molecule has 1 amide bonds. The van der Waals surface area contributed by atoms with Crippen LogP contribution in [0.15, 0.2) is 24.3 Å². The Labute approximate surface area is 105 Å². The van der Waals surface area contributed by atoms with Gasteiger partial charge in [0.1, 0.15) is 0 Å². The van der Waals surface area contributed by atoms with Gasteiger partial charge in [-0.3, -0.25) is 14.9 Å². The molecule has 0 fully saturated rings. The summed E-state index contributed by atoms with van der Waals surface area (Å²) in [6.07, 6.45) is -0.308. The van der Waals surface area contributed by atoms with Crippen molar-refractivity contribution < 1.29 is 14.8 Å². The summed E-state index contributed by atoms with van der Waals surface area (Å²) in [5, 5.41) is 23.2. The first-order chi connectivity index (χ1) is 8.45. The fraction of sp³-hybridized carbons (Fsp3) is 0.417. The second kappa shape index (κ2) is 6.11. The van der Waals surface area contributed by atoms with Gasteiger partial charge >= 0.3 is 0 Å². The van der Waals surface area contributed by atoms with Crippen LogP contribution < -0.4 is 5.32 Å². The van der Waals surface area contributed by atoms with Crippen molar-refractivity contribution in [3.63, 3.8) is 0 Å². The topological polar surface area (TPSA) is 92.5 Å². The third kappa shape index (κ3) is 3.53. The van der Waals surface area contributed by atoms with E-state index in [1.165, 1.54) is 31.2 Å². The lowest BCUT2D eigenvalue weighted by atomic mass is 10.00. The molecule has 98 valence electrons. The van der Waals surface area contributed by atoms with Crippen molar-refractivity contribution in [2.24, 2.45) is 0 Å². The molecule has 0 aromatic heterocycles. The molecule has 0 bridgehead atoms. The van der Waals surface area contributed by atoms with E-state index < -0.39 is 17.1 Å². The van der Waals surface area contributed by atoms with Crippen LogP contribution in [0.1, 0.15) is 31.9 Å². The quantitative estimate of drug-likeness (QED) is 0.614. The molecule has 0 aliphatic heterocycles. The lowest BCUT2D eigenvalue weighted by molar-refractivity contribution is -0.384. The molecular weight excluding hydrogens is 236 g/mol. The Balaban J connectivity index is 2.84. The molecule has 18 heavy (non-hydrogen) atoms. The highest BCUT2D eigenvalue weighted by molar-refractivity contribution is 5.73. The first-order valence-electron chi connectivity index (χ1n) is 5.65. The Morgan fingerprint density at radius 2 is 2.00 bits per heavy atom. The fourth-order valence-electron chi connectivity index (χ4n) is 1.69. The second-order valence-electron chi connectivity index (χ2n) is 4.01. The van der Waals surface area contributed by atoms with Crippen molar-refractivity contribution in [3.8, 4) is 0 Å². The van der Waals surface area contributed by atoms with Crippen molar-refractivity contribution in [3.05, 3.63) is 39.9 Å². The molecule has 0 heterocycles. The number of nitro groups is 1.